The van der Waals surface area contributed by atoms with E-state index < -0.39 is 24.0 Å². The van der Waals surface area contributed by atoms with Crippen LogP contribution < -0.4 is 5.32 Å². The average molecular weight is 427 g/mol. The predicted octanol–water partition coefficient (Wildman–Crippen LogP) is 2.42. The van der Waals surface area contributed by atoms with Gasteiger partial charge in [-0.2, -0.15) is 0 Å². The Kier molecular flexibility index (Phi) is 10.7. The van der Waals surface area contributed by atoms with E-state index in [1.165, 1.54) is 4.90 Å². The molecule has 2 N–H and O–H groups in total. The van der Waals surface area contributed by atoms with Crippen molar-refractivity contribution in [2.24, 2.45) is 0 Å². The van der Waals surface area contributed by atoms with Gasteiger partial charge in [0.15, 0.2) is 0 Å². The first-order valence-corrected chi connectivity index (χ1v) is 9.91. The lowest BCUT2D eigenvalue weighted by Crippen LogP contribution is -2.55. The van der Waals surface area contributed by atoms with Gasteiger partial charge in [-0.05, 0) is 51.5 Å². The number of ether oxygens (including phenoxy) is 1. The van der Waals surface area contributed by atoms with E-state index in [0.29, 0.717) is 12.8 Å². The Labute approximate surface area is 178 Å². The quantitative estimate of drug-likeness (QED) is 0.527. The number of carboxylic acid groups (broad SMARTS) is 1. The molecule has 1 aromatic rings. The SMILES string of the molecule is CCOC(=O)C(CCc1ccccc1)N[C@@H](C)C(=O)N(CC(=O)O)C1CCC1.Cl. The highest BCUT2D eigenvalue weighted by molar-refractivity contribution is 5.86. The van der Waals surface area contributed by atoms with E-state index in [0.717, 1.165) is 24.8 Å². The fourth-order valence-electron chi connectivity index (χ4n) is 3.32. The van der Waals surface area contributed by atoms with Gasteiger partial charge in [0, 0.05) is 6.04 Å². The van der Waals surface area contributed by atoms with Crippen LogP contribution in [0.4, 0.5) is 0 Å². The van der Waals surface area contributed by atoms with Crippen molar-refractivity contribution in [1.29, 1.82) is 0 Å². The lowest BCUT2D eigenvalue weighted by atomic mass is 9.91. The second-order valence-electron chi connectivity index (χ2n) is 7.16. The van der Waals surface area contributed by atoms with Gasteiger partial charge in [-0.15, -0.1) is 12.4 Å². The molecule has 1 aromatic carbocycles. The number of halogens is 1. The van der Waals surface area contributed by atoms with E-state index in [1.54, 1.807) is 13.8 Å². The summed E-state index contributed by atoms with van der Waals surface area (Å²) in [5.41, 5.74) is 1.10. The molecule has 0 bridgehead atoms. The number of amides is 1. The van der Waals surface area contributed by atoms with Crippen LogP contribution in [0.15, 0.2) is 30.3 Å². The Bertz CT molecular complexity index is 666. The highest BCUT2D eigenvalue weighted by Crippen LogP contribution is 2.25. The Hall–Kier alpha value is -2.12. The maximum Gasteiger partial charge on any atom is 0.323 e. The second-order valence-corrected chi connectivity index (χ2v) is 7.16. The molecule has 0 radical (unpaired) electrons. The monoisotopic (exact) mass is 426 g/mol. The van der Waals surface area contributed by atoms with E-state index in [2.05, 4.69) is 5.32 Å². The average Bonchev–Trinajstić information content (AvgIpc) is 2.63. The van der Waals surface area contributed by atoms with Crippen molar-refractivity contribution in [2.75, 3.05) is 13.2 Å². The number of aliphatic carboxylic acids is 1. The number of carboxylic acids is 1. The summed E-state index contributed by atoms with van der Waals surface area (Å²) in [6, 6.07) is 8.45. The van der Waals surface area contributed by atoms with Crippen molar-refractivity contribution in [1.82, 2.24) is 10.2 Å². The zero-order valence-electron chi connectivity index (χ0n) is 17.0. The third-order valence-corrected chi connectivity index (χ3v) is 5.06. The molecule has 1 fully saturated rings. The van der Waals surface area contributed by atoms with Crippen LogP contribution >= 0.6 is 12.4 Å². The number of hydrogen-bond acceptors (Lipinski definition) is 5. The first kappa shape index (κ1) is 24.9. The summed E-state index contributed by atoms with van der Waals surface area (Å²) in [5, 5.41) is 12.2. The third-order valence-electron chi connectivity index (χ3n) is 5.06. The van der Waals surface area contributed by atoms with Crippen LogP contribution in [0, 0.1) is 0 Å². The number of rotatable bonds is 11. The number of nitrogens with one attached hydrogen (secondary N) is 1. The molecule has 162 valence electrons. The minimum absolute atomic E-state index is 0. The number of nitrogens with zero attached hydrogens (tertiary/aromatic N) is 1. The van der Waals surface area contributed by atoms with Gasteiger partial charge >= 0.3 is 11.9 Å². The number of carbonyl (C=O) groups is 3. The molecule has 1 amide bonds. The van der Waals surface area contributed by atoms with Gasteiger partial charge in [0.1, 0.15) is 12.6 Å². The topological polar surface area (TPSA) is 95.9 Å². The molecule has 29 heavy (non-hydrogen) atoms. The lowest BCUT2D eigenvalue weighted by Gasteiger charge is -2.38. The number of aryl methyl sites for hydroxylation is 1. The number of hydrogen-bond donors (Lipinski definition) is 2. The van der Waals surface area contributed by atoms with Crippen molar-refractivity contribution in [2.45, 2.75) is 64.1 Å². The Morgan fingerprint density at radius 1 is 1.24 bits per heavy atom. The molecule has 1 saturated carbocycles. The van der Waals surface area contributed by atoms with Crippen LogP contribution in [0.3, 0.4) is 0 Å². The summed E-state index contributed by atoms with van der Waals surface area (Å²) in [6.07, 6.45) is 3.79. The molecule has 0 aromatic heterocycles. The van der Waals surface area contributed by atoms with Gasteiger partial charge in [-0.3, -0.25) is 19.7 Å². The molecule has 2 rings (SSSR count). The summed E-state index contributed by atoms with van der Waals surface area (Å²) in [6.45, 7) is 3.36. The van der Waals surface area contributed by atoms with Crippen molar-refractivity contribution in [3.63, 3.8) is 0 Å². The smallest absolute Gasteiger partial charge is 0.323 e. The minimum atomic E-state index is -1.03. The van der Waals surface area contributed by atoms with E-state index in [1.807, 2.05) is 30.3 Å². The Balaban J connectivity index is 0.00000420. The summed E-state index contributed by atoms with van der Waals surface area (Å²) in [5.74, 6) is -1.72. The number of carbonyl (C=O) groups excluding carboxylic acids is 2. The Morgan fingerprint density at radius 2 is 1.90 bits per heavy atom. The summed E-state index contributed by atoms with van der Waals surface area (Å²) in [7, 11) is 0. The van der Waals surface area contributed by atoms with Crippen molar-refractivity contribution < 1.29 is 24.2 Å². The van der Waals surface area contributed by atoms with E-state index in [9.17, 15) is 14.4 Å². The molecule has 0 heterocycles. The van der Waals surface area contributed by atoms with Gasteiger partial charge in [0.2, 0.25) is 5.91 Å². The Morgan fingerprint density at radius 3 is 2.41 bits per heavy atom. The van der Waals surface area contributed by atoms with Gasteiger partial charge in [-0.25, -0.2) is 0 Å². The van der Waals surface area contributed by atoms with Crippen LogP contribution in [0.1, 0.15) is 45.1 Å². The van der Waals surface area contributed by atoms with E-state index in [4.69, 9.17) is 9.84 Å². The summed E-state index contributed by atoms with van der Waals surface area (Å²) in [4.78, 5) is 37.8. The molecule has 1 aliphatic rings. The first-order valence-electron chi connectivity index (χ1n) is 9.91. The molecule has 1 aliphatic carbocycles. The van der Waals surface area contributed by atoms with Gasteiger partial charge in [0.25, 0.3) is 0 Å². The zero-order chi connectivity index (χ0) is 20.5. The van der Waals surface area contributed by atoms with Crippen LogP contribution in [0.2, 0.25) is 0 Å². The van der Waals surface area contributed by atoms with Gasteiger partial charge in [0.05, 0.1) is 12.6 Å². The predicted molar refractivity (Wildman–Crippen MR) is 112 cm³/mol. The van der Waals surface area contributed by atoms with E-state index in [-0.39, 0.29) is 37.5 Å². The highest BCUT2D eigenvalue weighted by atomic mass is 35.5. The summed E-state index contributed by atoms with van der Waals surface area (Å²) >= 11 is 0. The standard InChI is InChI=1S/C21H30N2O5.ClH/c1-3-28-21(27)18(13-12-16-8-5-4-6-9-16)22-15(2)20(26)23(14-19(24)25)17-10-7-11-17;/h4-6,8-9,15,17-18,22H,3,7,10-14H2,1-2H3,(H,24,25);1H/t15-,18?;/m0./s1. The van der Waals surface area contributed by atoms with Crippen molar-refractivity contribution >= 4 is 30.3 Å². The molecular weight excluding hydrogens is 396 g/mol. The zero-order valence-corrected chi connectivity index (χ0v) is 17.8. The first-order chi connectivity index (χ1) is 13.4. The fraction of sp³-hybridized carbons (Fsp3) is 0.571. The molecule has 0 saturated heterocycles. The second kappa shape index (κ2) is 12.4. The summed E-state index contributed by atoms with van der Waals surface area (Å²) < 4.78 is 5.16. The molecule has 8 heteroatoms. The number of benzene rings is 1. The van der Waals surface area contributed by atoms with Gasteiger partial charge < -0.3 is 14.7 Å². The third kappa shape index (κ3) is 7.66. The lowest BCUT2D eigenvalue weighted by molar-refractivity contribution is -0.150. The maximum absolute atomic E-state index is 12.9. The van der Waals surface area contributed by atoms with Crippen LogP contribution in [-0.4, -0.2) is 59.1 Å². The van der Waals surface area contributed by atoms with Crippen LogP contribution in [0.25, 0.3) is 0 Å². The molecule has 7 nitrogen and oxygen atoms in total. The van der Waals surface area contributed by atoms with Gasteiger partial charge in [-0.1, -0.05) is 30.3 Å². The molecule has 0 aliphatic heterocycles. The number of esters is 1. The molecule has 2 atom stereocenters. The fourth-order valence-corrected chi connectivity index (χ4v) is 3.32. The van der Waals surface area contributed by atoms with Crippen molar-refractivity contribution in [3.05, 3.63) is 35.9 Å². The highest BCUT2D eigenvalue weighted by Gasteiger charge is 2.34. The van der Waals surface area contributed by atoms with Crippen LogP contribution in [-0.2, 0) is 25.5 Å². The van der Waals surface area contributed by atoms with Crippen molar-refractivity contribution in [3.8, 4) is 0 Å². The van der Waals surface area contributed by atoms with Crippen LogP contribution in [0.5, 0.6) is 0 Å². The molecular formula is C21H31ClN2O5. The maximum atomic E-state index is 12.9. The molecule has 1 unspecified atom stereocenters. The normalized spacial score (nSPS) is 15.4. The minimum Gasteiger partial charge on any atom is -0.480 e. The largest absolute Gasteiger partial charge is 0.480 e. The molecule has 0 spiro atoms. The van der Waals surface area contributed by atoms with E-state index >= 15 is 0 Å².